The first-order valence-corrected chi connectivity index (χ1v) is 11.6. The summed E-state index contributed by atoms with van der Waals surface area (Å²) >= 11 is 2.79. The van der Waals surface area contributed by atoms with Gasteiger partial charge in [0.25, 0.3) is 5.56 Å². The van der Waals surface area contributed by atoms with Crippen molar-refractivity contribution in [2.45, 2.75) is 44.3 Å². The molecule has 2 aromatic heterocycles. The number of thioether (sulfide) groups is 1. The summed E-state index contributed by atoms with van der Waals surface area (Å²) in [6, 6.07) is 4.27. The molecule has 0 fully saturated rings. The summed E-state index contributed by atoms with van der Waals surface area (Å²) in [5.74, 6) is -0.619. The molecule has 156 valence electrons. The Morgan fingerprint density at radius 2 is 2.20 bits per heavy atom. The lowest BCUT2D eigenvalue weighted by atomic mass is 9.97. The number of halogens is 1. The van der Waals surface area contributed by atoms with Gasteiger partial charge in [-0.2, -0.15) is 0 Å². The van der Waals surface area contributed by atoms with Crippen LogP contribution in [0, 0.1) is 12.7 Å². The smallest absolute Gasteiger partial charge is 0.263 e. The zero-order chi connectivity index (χ0) is 21.3. The normalized spacial score (nSPS) is 13.3. The second kappa shape index (κ2) is 8.73. The number of nitrogens with one attached hydrogen (secondary N) is 1. The fourth-order valence-corrected chi connectivity index (χ4v) is 5.78. The average Bonchev–Trinajstić information content (AvgIpc) is 3.10. The minimum Gasteiger partial charge on any atom is -0.325 e. The molecule has 1 aliphatic carbocycles. The predicted octanol–water partition coefficient (Wildman–Crippen LogP) is 4.70. The van der Waals surface area contributed by atoms with E-state index in [1.807, 2.05) is 0 Å². The van der Waals surface area contributed by atoms with Crippen molar-refractivity contribution in [3.8, 4) is 0 Å². The summed E-state index contributed by atoms with van der Waals surface area (Å²) in [5, 5.41) is 3.95. The van der Waals surface area contributed by atoms with E-state index in [1.165, 1.54) is 28.8 Å². The third-order valence-corrected chi connectivity index (χ3v) is 7.32. The maximum atomic E-state index is 13.5. The number of thiophene rings is 1. The van der Waals surface area contributed by atoms with Gasteiger partial charge in [0.2, 0.25) is 5.91 Å². The van der Waals surface area contributed by atoms with E-state index in [2.05, 4.69) is 11.9 Å². The van der Waals surface area contributed by atoms with E-state index in [0.29, 0.717) is 17.4 Å². The van der Waals surface area contributed by atoms with Gasteiger partial charge in [-0.05, 0) is 55.9 Å². The third-order valence-electron chi connectivity index (χ3n) is 5.16. The van der Waals surface area contributed by atoms with Gasteiger partial charge in [-0.25, -0.2) is 9.37 Å². The number of rotatable bonds is 6. The molecule has 1 amide bonds. The van der Waals surface area contributed by atoms with Crippen molar-refractivity contribution in [1.82, 2.24) is 9.55 Å². The molecule has 0 atom stereocenters. The van der Waals surface area contributed by atoms with Crippen LogP contribution in [-0.2, 0) is 24.2 Å². The van der Waals surface area contributed by atoms with Crippen LogP contribution in [0.25, 0.3) is 10.2 Å². The second-order valence-corrected chi connectivity index (χ2v) is 9.31. The molecule has 0 spiro atoms. The number of amides is 1. The van der Waals surface area contributed by atoms with Crippen LogP contribution in [0.3, 0.4) is 0 Å². The first-order valence-electron chi connectivity index (χ1n) is 9.82. The molecule has 4 rings (SSSR count). The van der Waals surface area contributed by atoms with Crippen molar-refractivity contribution >= 4 is 44.9 Å². The maximum absolute atomic E-state index is 13.5. The Labute approximate surface area is 182 Å². The van der Waals surface area contributed by atoms with Crippen molar-refractivity contribution in [2.75, 3.05) is 11.1 Å². The van der Waals surface area contributed by atoms with Crippen LogP contribution in [0.5, 0.6) is 0 Å². The Hall–Kier alpha value is -2.45. The minimum atomic E-state index is -0.405. The summed E-state index contributed by atoms with van der Waals surface area (Å²) < 4.78 is 15.0. The van der Waals surface area contributed by atoms with Crippen molar-refractivity contribution in [1.29, 1.82) is 0 Å². The van der Waals surface area contributed by atoms with Crippen LogP contribution in [-0.4, -0.2) is 21.2 Å². The van der Waals surface area contributed by atoms with Gasteiger partial charge in [-0.3, -0.25) is 14.2 Å². The summed E-state index contributed by atoms with van der Waals surface area (Å²) in [4.78, 5) is 32.4. The Morgan fingerprint density at radius 1 is 1.40 bits per heavy atom. The first kappa shape index (κ1) is 20.8. The molecule has 5 nitrogen and oxygen atoms in total. The van der Waals surface area contributed by atoms with Crippen molar-refractivity contribution in [3.63, 3.8) is 0 Å². The number of benzene rings is 1. The topological polar surface area (TPSA) is 64.0 Å². The van der Waals surface area contributed by atoms with Gasteiger partial charge in [0.05, 0.1) is 11.1 Å². The predicted molar refractivity (Wildman–Crippen MR) is 121 cm³/mol. The molecule has 2 heterocycles. The van der Waals surface area contributed by atoms with Crippen LogP contribution in [0.2, 0.25) is 0 Å². The number of allylic oxidation sites excluding steroid dienone is 1. The van der Waals surface area contributed by atoms with E-state index in [1.54, 1.807) is 35.0 Å². The highest BCUT2D eigenvalue weighted by Gasteiger charge is 2.22. The van der Waals surface area contributed by atoms with Crippen LogP contribution < -0.4 is 10.9 Å². The lowest BCUT2D eigenvalue weighted by Crippen LogP contribution is -2.24. The summed E-state index contributed by atoms with van der Waals surface area (Å²) in [7, 11) is 0. The molecule has 1 aliphatic rings. The standard InChI is InChI=1S/C22H22FN3O2S2/c1-3-10-26-21(28)19-15-6-4-5-7-17(15)30-20(19)25-22(26)29-12-18(27)24-16-11-14(23)9-8-13(16)2/h3,8-9,11H,1,4-7,10,12H2,2H3,(H,24,27). The summed E-state index contributed by atoms with van der Waals surface area (Å²) in [6.07, 6.45) is 5.81. The van der Waals surface area contributed by atoms with E-state index in [-0.39, 0.29) is 17.2 Å². The van der Waals surface area contributed by atoms with Gasteiger partial charge < -0.3 is 5.32 Å². The number of hydrogen-bond acceptors (Lipinski definition) is 5. The van der Waals surface area contributed by atoms with Crippen molar-refractivity contribution in [3.05, 3.63) is 63.0 Å². The molecular formula is C22H22FN3O2S2. The van der Waals surface area contributed by atoms with Crippen LogP contribution >= 0.6 is 23.1 Å². The molecule has 8 heteroatoms. The Morgan fingerprint density at radius 3 is 3.00 bits per heavy atom. The highest BCUT2D eigenvalue weighted by Crippen LogP contribution is 2.34. The number of fused-ring (bicyclic) bond motifs is 3. The fourth-order valence-electron chi connectivity index (χ4n) is 3.67. The average molecular weight is 444 g/mol. The maximum Gasteiger partial charge on any atom is 0.263 e. The molecule has 0 saturated carbocycles. The number of carbonyl (C=O) groups excluding carboxylic acids is 1. The van der Waals surface area contributed by atoms with Crippen LogP contribution in [0.4, 0.5) is 10.1 Å². The Balaban J connectivity index is 1.61. The summed E-state index contributed by atoms with van der Waals surface area (Å²) in [5.41, 5.74) is 2.30. The van der Waals surface area contributed by atoms with E-state index < -0.39 is 5.82 Å². The Kier molecular flexibility index (Phi) is 6.06. The van der Waals surface area contributed by atoms with Gasteiger partial charge >= 0.3 is 0 Å². The molecule has 30 heavy (non-hydrogen) atoms. The number of carbonyl (C=O) groups is 1. The zero-order valence-electron chi connectivity index (χ0n) is 16.7. The molecule has 1 N–H and O–H groups in total. The van der Waals surface area contributed by atoms with Crippen molar-refractivity contribution < 1.29 is 9.18 Å². The molecule has 0 saturated heterocycles. The number of anilines is 1. The van der Waals surface area contributed by atoms with E-state index >= 15 is 0 Å². The lowest BCUT2D eigenvalue weighted by molar-refractivity contribution is -0.113. The second-order valence-electron chi connectivity index (χ2n) is 7.29. The molecule has 1 aromatic carbocycles. The number of aromatic nitrogens is 2. The largest absolute Gasteiger partial charge is 0.325 e. The third kappa shape index (κ3) is 4.06. The van der Waals surface area contributed by atoms with Crippen LogP contribution in [0.1, 0.15) is 28.8 Å². The first-order chi connectivity index (χ1) is 14.5. The minimum absolute atomic E-state index is 0.0656. The molecule has 0 aliphatic heterocycles. The summed E-state index contributed by atoms with van der Waals surface area (Å²) in [6.45, 7) is 5.89. The fraction of sp³-hybridized carbons (Fsp3) is 0.318. The monoisotopic (exact) mass is 443 g/mol. The molecule has 0 bridgehead atoms. The SMILES string of the molecule is C=CCn1c(SCC(=O)Nc2cc(F)ccc2C)nc2sc3c(c2c1=O)CCCC3. The van der Waals surface area contributed by atoms with E-state index in [0.717, 1.165) is 47.0 Å². The molecule has 0 radical (unpaired) electrons. The van der Waals surface area contributed by atoms with Gasteiger partial charge in [0.15, 0.2) is 5.16 Å². The quantitative estimate of drug-likeness (QED) is 0.341. The van der Waals surface area contributed by atoms with Crippen molar-refractivity contribution in [2.24, 2.45) is 0 Å². The zero-order valence-corrected chi connectivity index (χ0v) is 18.3. The van der Waals surface area contributed by atoms with Gasteiger partial charge in [0, 0.05) is 17.1 Å². The van der Waals surface area contributed by atoms with Gasteiger partial charge in [-0.15, -0.1) is 17.9 Å². The van der Waals surface area contributed by atoms with Crippen LogP contribution in [0.15, 0.2) is 40.8 Å². The molecule has 3 aromatic rings. The van der Waals surface area contributed by atoms with E-state index in [4.69, 9.17) is 4.98 Å². The molecular weight excluding hydrogens is 421 g/mol. The lowest BCUT2D eigenvalue weighted by Gasteiger charge is -2.12. The number of nitrogens with zero attached hydrogens (tertiary/aromatic N) is 2. The highest BCUT2D eigenvalue weighted by atomic mass is 32.2. The van der Waals surface area contributed by atoms with Gasteiger partial charge in [0.1, 0.15) is 10.6 Å². The van der Waals surface area contributed by atoms with E-state index in [9.17, 15) is 14.0 Å². The number of hydrogen-bond donors (Lipinski definition) is 1. The number of aryl methyl sites for hydroxylation is 3. The highest BCUT2D eigenvalue weighted by molar-refractivity contribution is 7.99. The van der Waals surface area contributed by atoms with Gasteiger partial charge in [-0.1, -0.05) is 23.9 Å². The Bertz CT molecular complexity index is 1200. The molecule has 0 unspecified atom stereocenters.